The van der Waals surface area contributed by atoms with Crippen molar-refractivity contribution < 1.29 is 23.4 Å². The molecule has 1 N–H and O–H groups in total. The first-order chi connectivity index (χ1) is 13.0. The molecule has 0 spiro atoms. The number of aliphatic hydroxyl groups is 1. The van der Waals surface area contributed by atoms with Crippen LogP contribution in [0.25, 0.3) is 11.0 Å². The minimum Gasteiger partial charge on any atom is -0.448 e. The van der Waals surface area contributed by atoms with E-state index in [1.165, 1.54) is 6.07 Å². The van der Waals surface area contributed by atoms with Gasteiger partial charge in [0.1, 0.15) is 0 Å². The molecule has 2 heterocycles. The van der Waals surface area contributed by atoms with Crippen LogP contribution >= 0.6 is 0 Å². The molecule has 27 heavy (non-hydrogen) atoms. The van der Waals surface area contributed by atoms with E-state index in [9.17, 15) is 14.3 Å². The fourth-order valence-corrected chi connectivity index (χ4v) is 4.39. The molecule has 1 saturated heterocycles. The number of para-hydroxylation sites is 1. The molecular formula is C20H25FN2O4. The number of furan rings is 1. The van der Waals surface area contributed by atoms with E-state index >= 15 is 0 Å². The van der Waals surface area contributed by atoms with Crippen LogP contribution in [-0.4, -0.2) is 72.4 Å². The Morgan fingerprint density at radius 1 is 1.30 bits per heavy atom. The molecule has 1 aromatic heterocycles. The zero-order chi connectivity index (χ0) is 19.1. The van der Waals surface area contributed by atoms with E-state index in [1.807, 2.05) is 0 Å². The summed E-state index contributed by atoms with van der Waals surface area (Å²) in [5.74, 6) is -0.667. The standard InChI is InChI=1S/C20H25FN2O4/c1-12-13-4-3-5-14(21)19(13)27-18(12)20(25)22(2)15-6-7-16(17(15)24)23-8-10-26-11-9-23/h3-5,15-17,24H,6-11H2,1-2H3/t15-,16-,17-/m1/s1. The number of amides is 1. The van der Waals surface area contributed by atoms with Crippen LogP contribution in [0.4, 0.5) is 4.39 Å². The van der Waals surface area contributed by atoms with E-state index < -0.39 is 11.9 Å². The normalized spacial score (nSPS) is 26.6. The number of hydrogen-bond donors (Lipinski definition) is 1. The third-order valence-corrected chi connectivity index (χ3v) is 5.99. The molecule has 1 saturated carbocycles. The van der Waals surface area contributed by atoms with Crippen molar-refractivity contribution in [2.75, 3.05) is 33.4 Å². The van der Waals surface area contributed by atoms with Crippen LogP contribution in [0.5, 0.6) is 0 Å². The molecule has 2 fully saturated rings. The lowest BCUT2D eigenvalue weighted by atomic mass is 10.1. The van der Waals surface area contributed by atoms with Crippen molar-refractivity contribution in [3.63, 3.8) is 0 Å². The van der Waals surface area contributed by atoms with Gasteiger partial charge in [-0.2, -0.15) is 0 Å². The molecule has 0 unspecified atom stereocenters. The van der Waals surface area contributed by atoms with Gasteiger partial charge in [-0.15, -0.1) is 0 Å². The van der Waals surface area contributed by atoms with Crippen molar-refractivity contribution in [1.29, 1.82) is 0 Å². The lowest BCUT2D eigenvalue weighted by molar-refractivity contribution is -0.0233. The van der Waals surface area contributed by atoms with Crippen molar-refractivity contribution in [3.8, 4) is 0 Å². The number of morpholine rings is 1. The Hall–Kier alpha value is -1.96. The second-order valence-electron chi connectivity index (χ2n) is 7.44. The van der Waals surface area contributed by atoms with Gasteiger partial charge in [-0.1, -0.05) is 12.1 Å². The number of carbonyl (C=O) groups excluding carboxylic acids is 1. The van der Waals surface area contributed by atoms with Gasteiger partial charge in [0, 0.05) is 37.1 Å². The molecule has 1 aliphatic carbocycles. The number of rotatable bonds is 3. The third-order valence-electron chi connectivity index (χ3n) is 5.99. The Morgan fingerprint density at radius 3 is 2.74 bits per heavy atom. The SMILES string of the molecule is Cc1c(C(=O)N(C)[C@@H]2CC[C@@H](N3CCOCC3)[C@@H]2O)oc2c(F)cccc12. The van der Waals surface area contributed by atoms with Gasteiger partial charge in [0.05, 0.1) is 25.4 Å². The molecule has 1 aliphatic heterocycles. The molecular weight excluding hydrogens is 351 g/mol. The van der Waals surface area contributed by atoms with Gasteiger partial charge in [-0.3, -0.25) is 9.69 Å². The van der Waals surface area contributed by atoms with E-state index in [2.05, 4.69) is 4.90 Å². The van der Waals surface area contributed by atoms with Gasteiger partial charge in [0.2, 0.25) is 0 Å². The minimum absolute atomic E-state index is 0.0309. The smallest absolute Gasteiger partial charge is 0.289 e. The molecule has 3 atom stereocenters. The van der Waals surface area contributed by atoms with E-state index in [0.717, 1.165) is 25.9 Å². The summed E-state index contributed by atoms with van der Waals surface area (Å²) in [5, 5.41) is 11.5. The van der Waals surface area contributed by atoms with Crippen molar-refractivity contribution in [1.82, 2.24) is 9.80 Å². The second-order valence-corrected chi connectivity index (χ2v) is 7.44. The highest BCUT2D eigenvalue weighted by atomic mass is 19.1. The van der Waals surface area contributed by atoms with E-state index in [0.29, 0.717) is 24.2 Å². The topological polar surface area (TPSA) is 66.2 Å². The van der Waals surface area contributed by atoms with Crippen molar-refractivity contribution in [2.45, 2.75) is 38.0 Å². The molecule has 0 bridgehead atoms. The summed E-state index contributed by atoms with van der Waals surface area (Å²) < 4.78 is 25.0. The van der Waals surface area contributed by atoms with Crippen LogP contribution in [0.2, 0.25) is 0 Å². The van der Waals surface area contributed by atoms with E-state index in [4.69, 9.17) is 9.15 Å². The molecule has 7 heteroatoms. The van der Waals surface area contributed by atoms with Gasteiger partial charge < -0.3 is 19.2 Å². The Labute approximate surface area is 157 Å². The van der Waals surface area contributed by atoms with Crippen molar-refractivity contribution >= 4 is 16.9 Å². The molecule has 2 aromatic rings. The monoisotopic (exact) mass is 376 g/mol. The molecule has 6 nitrogen and oxygen atoms in total. The Bertz CT molecular complexity index is 846. The van der Waals surface area contributed by atoms with E-state index in [1.54, 1.807) is 31.0 Å². The highest BCUT2D eigenvalue weighted by Gasteiger charge is 2.42. The average molecular weight is 376 g/mol. The number of likely N-dealkylation sites (N-methyl/N-ethyl adjacent to an activating group) is 1. The third kappa shape index (κ3) is 3.13. The first-order valence-electron chi connectivity index (χ1n) is 9.43. The summed E-state index contributed by atoms with van der Waals surface area (Å²) in [4.78, 5) is 16.8. The lowest BCUT2D eigenvalue weighted by Crippen LogP contribution is -2.51. The quantitative estimate of drug-likeness (QED) is 0.890. The van der Waals surface area contributed by atoms with Gasteiger partial charge in [-0.25, -0.2) is 4.39 Å². The minimum atomic E-state index is -0.626. The number of hydrogen-bond acceptors (Lipinski definition) is 5. The first kappa shape index (κ1) is 18.4. The van der Waals surface area contributed by atoms with Crippen LogP contribution in [0.15, 0.2) is 22.6 Å². The van der Waals surface area contributed by atoms with Gasteiger partial charge in [0.15, 0.2) is 17.2 Å². The highest BCUT2D eigenvalue weighted by molar-refractivity contribution is 5.99. The number of nitrogens with zero attached hydrogens (tertiary/aromatic N) is 2. The maximum atomic E-state index is 14.0. The van der Waals surface area contributed by atoms with Gasteiger partial charge >= 0.3 is 0 Å². The van der Waals surface area contributed by atoms with Crippen LogP contribution in [0, 0.1) is 12.7 Å². The Balaban J connectivity index is 1.54. The maximum Gasteiger partial charge on any atom is 0.289 e. The summed E-state index contributed by atoms with van der Waals surface area (Å²) in [6.45, 7) is 4.70. The number of fused-ring (bicyclic) bond motifs is 1. The first-order valence-corrected chi connectivity index (χ1v) is 9.43. The molecule has 1 amide bonds. The van der Waals surface area contributed by atoms with E-state index in [-0.39, 0.29) is 29.3 Å². The largest absolute Gasteiger partial charge is 0.448 e. The fraction of sp³-hybridized carbons (Fsp3) is 0.550. The van der Waals surface area contributed by atoms with Crippen LogP contribution in [0.3, 0.4) is 0 Å². The summed E-state index contributed by atoms with van der Waals surface area (Å²) in [5.41, 5.74) is 0.725. The number of aryl methyl sites for hydroxylation is 1. The van der Waals surface area contributed by atoms with Crippen LogP contribution in [0.1, 0.15) is 29.0 Å². The number of halogens is 1. The average Bonchev–Trinajstić information content (AvgIpc) is 3.23. The molecule has 0 radical (unpaired) electrons. The van der Waals surface area contributed by atoms with Crippen molar-refractivity contribution in [3.05, 3.63) is 35.3 Å². The number of ether oxygens (including phenoxy) is 1. The summed E-state index contributed by atoms with van der Waals surface area (Å²) in [7, 11) is 1.68. The van der Waals surface area contributed by atoms with Crippen molar-refractivity contribution in [2.24, 2.45) is 0 Å². The summed E-state index contributed by atoms with van der Waals surface area (Å²) in [6.07, 6.45) is 0.925. The Morgan fingerprint density at radius 2 is 2.04 bits per heavy atom. The molecule has 146 valence electrons. The zero-order valence-electron chi connectivity index (χ0n) is 15.7. The molecule has 2 aliphatic rings. The van der Waals surface area contributed by atoms with Gasteiger partial charge in [-0.05, 0) is 25.8 Å². The molecule has 1 aromatic carbocycles. The summed E-state index contributed by atoms with van der Waals surface area (Å²) >= 11 is 0. The maximum absolute atomic E-state index is 14.0. The number of carbonyl (C=O) groups is 1. The fourth-order valence-electron chi connectivity index (χ4n) is 4.39. The number of aliphatic hydroxyl groups excluding tert-OH is 1. The zero-order valence-corrected chi connectivity index (χ0v) is 15.7. The van der Waals surface area contributed by atoms with Crippen LogP contribution in [-0.2, 0) is 4.74 Å². The van der Waals surface area contributed by atoms with Gasteiger partial charge in [0.25, 0.3) is 5.91 Å². The number of benzene rings is 1. The van der Waals surface area contributed by atoms with Crippen LogP contribution < -0.4 is 0 Å². The predicted molar refractivity (Wildman–Crippen MR) is 98.2 cm³/mol. The highest BCUT2D eigenvalue weighted by Crippen LogP contribution is 2.32. The summed E-state index contributed by atoms with van der Waals surface area (Å²) in [6, 6.07) is 4.40. The Kier molecular flexibility index (Phi) is 4.92. The second kappa shape index (κ2) is 7.22. The predicted octanol–water partition coefficient (Wildman–Crippen LogP) is 2.18. The molecule has 4 rings (SSSR count). The lowest BCUT2D eigenvalue weighted by Gasteiger charge is -2.36.